The summed E-state index contributed by atoms with van der Waals surface area (Å²) in [6.07, 6.45) is 1.87. The third-order valence-corrected chi connectivity index (χ3v) is 5.00. The van der Waals surface area contributed by atoms with Gasteiger partial charge in [-0.2, -0.15) is 0 Å². The molecule has 0 spiro atoms. The lowest BCUT2D eigenvalue weighted by Crippen LogP contribution is -2.28. The highest BCUT2D eigenvalue weighted by Gasteiger charge is 2.34. The van der Waals surface area contributed by atoms with Crippen molar-refractivity contribution in [1.29, 1.82) is 0 Å². The number of aromatic amines is 1. The van der Waals surface area contributed by atoms with Crippen LogP contribution >= 0.6 is 11.6 Å². The highest BCUT2D eigenvalue weighted by molar-refractivity contribution is 6.30. The Morgan fingerprint density at radius 1 is 1.21 bits per heavy atom. The topological polar surface area (TPSA) is 76.1 Å². The van der Waals surface area contributed by atoms with E-state index in [2.05, 4.69) is 10.4 Å². The van der Waals surface area contributed by atoms with E-state index >= 15 is 0 Å². The number of anilines is 1. The molecule has 2 aromatic rings. The molecule has 1 amide bonds. The van der Waals surface area contributed by atoms with Crippen molar-refractivity contribution < 1.29 is 9.53 Å². The van der Waals surface area contributed by atoms with Crippen LogP contribution in [0.2, 0.25) is 5.02 Å². The van der Waals surface area contributed by atoms with Crippen LogP contribution in [0.4, 0.5) is 5.82 Å². The molecule has 3 heterocycles. The van der Waals surface area contributed by atoms with Crippen LogP contribution in [0.1, 0.15) is 42.3 Å². The fourth-order valence-corrected chi connectivity index (χ4v) is 3.81. The van der Waals surface area contributed by atoms with Crippen molar-refractivity contribution in [3.8, 4) is 0 Å². The van der Waals surface area contributed by atoms with Crippen molar-refractivity contribution in [2.45, 2.75) is 31.2 Å². The quantitative estimate of drug-likeness (QED) is 0.876. The molecule has 2 aliphatic heterocycles. The molecule has 126 valence electrons. The van der Waals surface area contributed by atoms with Gasteiger partial charge in [-0.25, -0.2) is 0 Å². The molecule has 7 heteroatoms. The summed E-state index contributed by atoms with van der Waals surface area (Å²) in [5, 5.41) is 6.40. The Balaban J connectivity index is 1.81. The Bertz CT molecular complexity index is 836. The van der Waals surface area contributed by atoms with Gasteiger partial charge >= 0.3 is 0 Å². The van der Waals surface area contributed by atoms with Gasteiger partial charge in [0.25, 0.3) is 5.56 Å². The summed E-state index contributed by atoms with van der Waals surface area (Å²) in [6.45, 7) is 1.32. The molecule has 0 radical (unpaired) electrons. The second-order valence-corrected chi connectivity index (χ2v) is 6.71. The van der Waals surface area contributed by atoms with Crippen molar-refractivity contribution in [1.82, 2.24) is 9.78 Å². The summed E-state index contributed by atoms with van der Waals surface area (Å²) in [6, 6.07) is 7.48. The van der Waals surface area contributed by atoms with Gasteiger partial charge in [-0.1, -0.05) is 23.7 Å². The van der Waals surface area contributed by atoms with E-state index in [0.29, 0.717) is 29.6 Å². The number of nitrogens with zero attached hydrogens (tertiary/aromatic N) is 1. The zero-order valence-electron chi connectivity index (χ0n) is 13.0. The molecule has 24 heavy (non-hydrogen) atoms. The molecular weight excluding hydrogens is 330 g/mol. The maximum absolute atomic E-state index is 12.6. The van der Waals surface area contributed by atoms with E-state index < -0.39 is 0 Å². The number of carbonyl (C=O) groups is 1. The molecule has 2 aliphatic rings. The van der Waals surface area contributed by atoms with E-state index in [-0.39, 0.29) is 29.8 Å². The van der Waals surface area contributed by atoms with Crippen LogP contribution in [-0.2, 0) is 9.53 Å². The minimum Gasteiger partial charge on any atom is -0.381 e. The Morgan fingerprint density at radius 3 is 2.75 bits per heavy atom. The van der Waals surface area contributed by atoms with Crippen LogP contribution in [0.15, 0.2) is 29.1 Å². The maximum atomic E-state index is 12.6. The first-order valence-corrected chi connectivity index (χ1v) is 8.48. The van der Waals surface area contributed by atoms with Gasteiger partial charge in [0.1, 0.15) is 5.82 Å². The second kappa shape index (κ2) is 6.11. The van der Waals surface area contributed by atoms with E-state index in [9.17, 15) is 9.59 Å². The number of benzene rings is 1. The Labute approximate surface area is 143 Å². The molecule has 1 saturated heterocycles. The molecule has 4 rings (SSSR count). The minimum atomic E-state index is -0.280. The van der Waals surface area contributed by atoms with Crippen molar-refractivity contribution in [3.05, 3.63) is 50.8 Å². The van der Waals surface area contributed by atoms with Crippen LogP contribution < -0.4 is 10.9 Å². The molecule has 1 fully saturated rings. The van der Waals surface area contributed by atoms with Gasteiger partial charge in [-0.05, 0) is 30.5 Å². The largest absolute Gasteiger partial charge is 0.381 e. The Morgan fingerprint density at radius 2 is 2.00 bits per heavy atom. The highest BCUT2D eigenvalue weighted by atomic mass is 35.5. The zero-order chi connectivity index (χ0) is 16.7. The summed E-state index contributed by atoms with van der Waals surface area (Å²) in [4.78, 5) is 24.9. The third kappa shape index (κ3) is 2.65. The second-order valence-electron chi connectivity index (χ2n) is 6.28. The van der Waals surface area contributed by atoms with E-state index in [4.69, 9.17) is 16.3 Å². The predicted octanol–water partition coefficient (Wildman–Crippen LogP) is 2.66. The molecule has 0 aliphatic carbocycles. The normalized spacial score (nSPS) is 21.4. The highest BCUT2D eigenvalue weighted by Crippen LogP contribution is 2.37. The predicted molar refractivity (Wildman–Crippen MR) is 90.7 cm³/mol. The van der Waals surface area contributed by atoms with Gasteiger partial charge in [0.2, 0.25) is 5.91 Å². The molecule has 0 unspecified atom stereocenters. The molecule has 1 atom stereocenters. The molecular formula is C17H18ClN3O3. The molecule has 6 nitrogen and oxygen atoms in total. The first-order chi connectivity index (χ1) is 11.6. The smallest absolute Gasteiger partial charge is 0.270 e. The lowest BCUT2D eigenvalue weighted by atomic mass is 9.87. The first kappa shape index (κ1) is 15.5. The van der Waals surface area contributed by atoms with Gasteiger partial charge in [-0.15, -0.1) is 0 Å². The van der Waals surface area contributed by atoms with Gasteiger partial charge in [-0.3, -0.25) is 19.4 Å². The number of hydrogen-bond acceptors (Lipinski definition) is 3. The Hall–Kier alpha value is -2.05. The fourth-order valence-electron chi connectivity index (χ4n) is 3.61. The van der Waals surface area contributed by atoms with Crippen molar-refractivity contribution >= 4 is 23.3 Å². The van der Waals surface area contributed by atoms with E-state index in [1.165, 1.54) is 0 Å². The number of halogens is 1. The molecule has 0 saturated carbocycles. The number of nitrogens with one attached hydrogen (secondary N) is 2. The maximum Gasteiger partial charge on any atom is 0.270 e. The van der Waals surface area contributed by atoms with Crippen molar-refractivity contribution in [3.63, 3.8) is 0 Å². The minimum absolute atomic E-state index is 0.0905. The summed E-state index contributed by atoms with van der Waals surface area (Å²) in [7, 11) is 0. The lowest BCUT2D eigenvalue weighted by Gasteiger charge is -2.28. The summed E-state index contributed by atoms with van der Waals surface area (Å²) < 4.78 is 7.20. The van der Waals surface area contributed by atoms with Gasteiger partial charge < -0.3 is 10.1 Å². The number of fused-ring (bicyclic) bond motifs is 1. The number of rotatable bonds is 2. The van der Waals surface area contributed by atoms with E-state index in [1.54, 1.807) is 6.07 Å². The fraction of sp³-hybridized carbons (Fsp3) is 0.412. The van der Waals surface area contributed by atoms with E-state index in [0.717, 1.165) is 18.4 Å². The van der Waals surface area contributed by atoms with Crippen LogP contribution in [-0.4, -0.2) is 28.9 Å². The summed E-state index contributed by atoms with van der Waals surface area (Å²) in [5.41, 5.74) is 1.35. The number of H-pyrrole nitrogens is 1. The standard InChI is InChI=1S/C17H18ClN3O3/c18-11-3-1-2-10(8-11)13-9-14(22)19-16-15(13)17(23)20-21(16)12-4-6-24-7-5-12/h1-3,8,12-13H,4-7,9H2,(H,19,22)(H,20,23)/t13-/m1/s1. The Kier molecular flexibility index (Phi) is 3.94. The number of carbonyl (C=O) groups excluding carboxylic acids is 1. The summed E-state index contributed by atoms with van der Waals surface area (Å²) >= 11 is 6.09. The monoisotopic (exact) mass is 347 g/mol. The molecule has 2 N–H and O–H groups in total. The average molecular weight is 348 g/mol. The number of aromatic nitrogens is 2. The van der Waals surface area contributed by atoms with Crippen LogP contribution in [0.3, 0.4) is 0 Å². The molecule has 0 bridgehead atoms. The van der Waals surface area contributed by atoms with Gasteiger partial charge in [0.15, 0.2) is 0 Å². The van der Waals surface area contributed by atoms with Crippen LogP contribution in [0.25, 0.3) is 0 Å². The zero-order valence-corrected chi connectivity index (χ0v) is 13.8. The first-order valence-electron chi connectivity index (χ1n) is 8.11. The molecule has 1 aromatic heterocycles. The third-order valence-electron chi connectivity index (χ3n) is 4.77. The SMILES string of the molecule is O=C1C[C@H](c2cccc(Cl)c2)c2c(n(C3CCOCC3)[nH]c2=O)N1. The van der Waals surface area contributed by atoms with Crippen molar-refractivity contribution in [2.24, 2.45) is 0 Å². The van der Waals surface area contributed by atoms with Gasteiger partial charge in [0.05, 0.1) is 11.6 Å². The van der Waals surface area contributed by atoms with Crippen molar-refractivity contribution in [2.75, 3.05) is 18.5 Å². The number of hydrogen-bond donors (Lipinski definition) is 2. The lowest BCUT2D eigenvalue weighted by molar-refractivity contribution is -0.116. The number of ether oxygens (including phenoxy) is 1. The average Bonchev–Trinajstić information content (AvgIpc) is 2.91. The van der Waals surface area contributed by atoms with E-state index in [1.807, 2.05) is 22.9 Å². The van der Waals surface area contributed by atoms with Gasteiger partial charge in [0, 0.05) is 30.6 Å². The van der Waals surface area contributed by atoms with Crippen LogP contribution in [0, 0.1) is 0 Å². The molecule has 1 aromatic carbocycles. The summed E-state index contributed by atoms with van der Waals surface area (Å²) in [5.74, 6) is 0.220. The number of amides is 1. The van der Waals surface area contributed by atoms with Crippen LogP contribution in [0.5, 0.6) is 0 Å².